The lowest BCUT2D eigenvalue weighted by Crippen LogP contribution is -2.39. The van der Waals surface area contributed by atoms with Gasteiger partial charge < -0.3 is 10.2 Å². The summed E-state index contributed by atoms with van der Waals surface area (Å²) in [4.78, 5) is 19.3. The molecule has 0 aliphatic carbocycles. The van der Waals surface area contributed by atoms with Crippen molar-refractivity contribution in [3.05, 3.63) is 66.0 Å². The van der Waals surface area contributed by atoms with E-state index in [-0.39, 0.29) is 11.3 Å². The van der Waals surface area contributed by atoms with Gasteiger partial charge in [-0.1, -0.05) is 36.4 Å². The van der Waals surface area contributed by atoms with Gasteiger partial charge in [0.05, 0.1) is 5.41 Å². The Balaban J connectivity index is 1.58. The minimum Gasteiger partial charge on any atom is -0.338 e. The molecular weight excluding hydrogens is 286 g/mol. The van der Waals surface area contributed by atoms with Crippen molar-refractivity contribution in [3.63, 3.8) is 0 Å². The Morgan fingerprint density at radius 1 is 1.22 bits per heavy atom. The van der Waals surface area contributed by atoms with Crippen LogP contribution in [0.25, 0.3) is 0 Å². The molecular formula is C19H21N3O. The molecule has 2 aliphatic heterocycles. The fourth-order valence-electron chi connectivity index (χ4n) is 4.09. The van der Waals surface area contributed by atoms with E-state index in [1.54, 1.807) is 6.20 Å². The molecule has 1 amide bonds. The largest absolute Gasteiger partial charge is 0.338 e. The molecule has 0 unspecified atom stereocenters. The molecule has 118 valence electrons. The molecule has 1 aromatic heterocycles. The number of likely N-dealkylation sites (tertiary alicyclic amines) is 1. The van der Waals surface area contributed by atoms with E-state index in [1.165, 1.54) is 5.56 Å². The molecule has 4 heteroatoms. The molecule has 0 saturated carbocycles. The van der Waals surface area contributed by atoms with Gasteiger partial charge in [-0.3, -0.25) is 9.78 Å². The van der Waals surface area contributed by atoms with Crippen LogP contribution in [0.3, 0.4) is 0 Å². The maximum Gasteiger partial charge on any atom is 0.231 e. The number of hydrogen-bond donors (Lipinski definition) is 1. The number of rotatable bonds is 3. The number of aromatic nitrogens is 1. The first kappa shape index (κ1) is 14.4. The number of carbonyl (C=O) groups is 1. The Labute approximate surface area is 136 Å². The van der Waals surface area contributed by atoms with Gasteiger partial charge in [0.25, 0.3) is 0 Å². The van der Waals surface area contributed by atoms with Crippen LogP contribution in [0.15, 0.2) is 54.9 Å². The van der Waals surface area contributed by atoms with Crippen molar-refractivity contribution in [2.75, 3.05) is 19.6 Å². The van der Waals surface area contributed by atoms with Gasteiger partial charge in [0.1, 0.15) is 0 Å². The van der Waals surface area contributed by atoms with Crippen LogP contribution in [0.5, 0.6) is 0 Å². The highest BCUT2D eigenvalue weighted by Crippen LogP contribution is 2.47. The van der Waals surface area contributed by atoms with E-state index in [0.29, 0.717) is 12.5 Å². The lowest BCUT2D eigenvalue weighted by molar-refractivity contribution is -0.136. The summed E-state index contributed by atoms with van der Waals surface area (Å²) in [6, 6.07) is 14.4. The number of nitrogens with one attached hydrogen (secondary N) is 1. The topological polar surface area (TPSA) is 45.2 Å². The molecule has 3 heterocycles. The average molecular weight is 307 g/mol. The maximum atomic E-state index is 13.2. The zero-order valence-corrected chi connectivity index (χ0v) is 13.1. The quantitative estimate of drug-likeness (QED) is 0.945. The third-order valence-electron chi connectivity index (χ3n) is 5.30. The molecule has 23 heavy (non-hydrogen) atoms. The highest BCUT2D eigenvalue weighted by atomic mass is 16.2. The van der Waals surface area contributed by atoms with Gasteiger partial charge in [-0.2, -0.15) is 0 Å². The van der Waals surface area contributed by atoms with Crippen molar-refractivity contribution in [1.29, 1.82) is 0 Å². The molecule has 2 fully saturated rings. The van der Waals surface area contributed by atoms with Crippen LogP contribution in [-0.4, -0.2) is 35.4 Å². The van der Waals surface area contributed by atoms with E-state index in [0.717, 1.165) is 31.6 Å². The van der Waals surface area contributed by atoms with Gasteiger partial charge in [-0.25, -0.2) is 0 Å². The van der Waals surface area contributed by atoms with E-state index >= 15 is 0 Å². The van der Waals surface area contributed by atoms with Crippen molar-refractivity contribution in [1.82, 2.24) is 15.2 Å². The smallest absolute Gasteiger partial charge is 0.231 e. The fraction of sp³-hybridized carbons (Fsp3) is 0.368. The van der Waals surface area contributed by atoms with Gasteiger partial charge in [0.2, 0.25) is 5.91 Å². The van der Waals surface area contributed by atoms with E-state index in [4.69, 9.17) is 0 Å². The number of amides is 1. The molecule has 1 aromatic carbocycles. The second kappa shape index (κ2) is 5.78. The molecule has 1 spiro atoms. The number of benzene rings is 1. The summed E-state index contributed by atoms with van der Waals surface area (Å²) in [6.07, 6.45) is 4.54. The average Bonchev–Trinajstić information content (AvgIpc) is 3.17. The number of hydrogen-bond acceptors (Lipinski definition) is 3. The number of pyridine rings is 1. The van der Waals surface area contributed by atoms with E-state index in [2.05, 4.69) is 34.6 Å². The highest BCUT2D eigenvalue weighted by molar-refractivity contribution is 5.87. The Bertz CT molecular complexity index is 688. The van der Waals surface area contributed by atoms with Crippen molar-refractivity contribution in [2.45, 2.75) is 18.9 Å². The summed E-state index contributed by atoms with van der Waals surface area (Å²) in [5.74, 6) is 0.565. The Hall–Kier alpha value is -2.20. The molecule has 4 rings (SSSR count). The van der Waals surface area contributed by atoms with Crippen LogP contribution in [0.2, 0.25) is 0 Å². The first-order valence-corrected chi connectivity index (χ1v) is 8.23. The van der Waals surface area contributed by atoms with Crippen molar-refractivity contribution >= 4 is 5.91 Å². The molecule has 2 atom stereocenters. The summed E-state index contributed by atoms with van der Waals surface area (Å²) >= 11 is 0. The predicted octanol–water partition coefficient (Wildman–Crippen LogP) is 2.19. The second-order valence-electron chi connectivity index (χ2n) is 6.59. The lowest BCUT2D eigenvalue weighted by atomic mass is 9.73. The van der Waals surface area contributed by atoms with Crippen molar-refractivity contribution < 1.29 is 4.79 Å². The molecule has 2 aromatic rings. The zero-order valence-electron chi connectivity index (χ0n) is 13.1. The third-order valence-corrected chi connectivity index (χ3v) is 5.30. The Kier molecular flexibility index (Phi) is 3.62. The van der Waals surface area contributed by atoms with Crippen molar-refractivity contribution in [3.8, 4) is 0 Å². The highest BCUT2D eigenvalue weighted by Gasteiger charge is 2.54. The van der Waals surface area contributed by atoms with Crippen LogP contribution < -0.4 is 5.32 Å². The van der Waals surface area contributed by atoms with Gasteiger partial charge >= 0.3 is 0 Å². The summed E-state index contributed by atoms with van der Waals surface area (Å²) in [5.41, 5.74) is 2.10. The van der Waals surface area contributed by atoms with Gasteiger partial charge in [-0.05, 0) is 23.6 Å². The van der Waals surface area contributed by atoms with Gasteiger partial charge in [-0.15, -0.1) is 0 Å². The summed E-state index contributed by atoms with van der Waals surface area (Å²) in [7, 11) is 0. The van der Waals surface area contributed by atoms with E-state index < -0.39 is 0 Å². The first-order chi connectivity index (χ1) is 11.3. The van der Waals surface area contributed by atoms with Crippen molar-refractivity contribution in [2.24, 2.45) is 5.41 Å². The SMILES string of the molecule is O=C1N(Cc2cccnc2)CC[C@]12CNC[C@H]2c1ccccc1. The fourth-order valence-corrected chi connectivity index (χ4v) is 4.09. The minimum absolute atomic E-state index is 0.273. The predicted molar refractivity (Wildman–Crippen MR) is 88.8 cm³/mol. The normalized spacial score (nSPS) is 27.0. The van der Waals surface area contributed by atoms with E-state index in [1.807, 2.05) is 29.3 Å². The first-order valence-electron chi connectivity index (χ1n) is 8.23. The molecule has 2 saturated heterocycles. The Morgan fingerprint density at radius 2 is 2.09 bits per heavy atom. The molecule has 2 aliphatic rings. The molecule has 4 nitrogen and oxygen atoms in total. The number of nitrogens with zero attached hydrogens (tertiary/aromatic N) is 2. The maximum absolute atomic E-state index is 13.2. The summed E-state index contributed by atoms with van der Waals surface area (Å²) in [6.45, 7) is 3.17. The number of carbonyl (C=O) groups excluding carboxylic acids is 1. The molecule has 0 bridgehead atoms. The third kappa shape index (κ3) is 2.43. The van der Waals surface area contributed by atoms with Gasteiger partial charge in [0.15, 0.2) is 0 Å². The molecule has 0 radical (unpaired) electrons. The second-order valence-corrected chi connectivity index (χ2v) is 6.59. The standard InChI is InChI=1S/C19H21N3O/c23-18-19(8-10-22(18)13-15-5-4-9-20-11-15)14-21-12-17(19)16-6-2-1-3-7-16/h1-7,9,11,17,21H,8,10,12-14H2/t17-,19+/m0/s1. The zero-order chi connectivity index (χ0) is 15.7. The minimum atomic E-state index is -0.274. The summed E-state index contributed by atoms with van der Waals surface area (Å²) < 4.78 is 0. The van der Waals surface area contributed by atoms with Crippen LogP contribution >= 0.6 is 0 Å². The lowest BCUT2D eigenvalue weighted by Gasteiger charge is -2.29. The monoisotopic (exact) mass is 307 g/mol. The van der Waals surface area contributed by atoms with E-state index in [9.17, 15) is 4.79 Å². The summed E-state index contributed by atoms with van der Waals surface area (Å²) in [5, 5.41) is 3.46. The van der Waals surface area contributed by atoms with Crippen LogP contribution in [0, 0.1) is 5.41 Å². The van der Waals surface area contributed by atoms with Crippen LogP contribution in [-0.2, 0) is 11.3 Å². The van der Waals surface area contributed by atoms with Gasteiger partial charge in [0, 0.05) is 44.5 Å². The van der Waals surface area contributed by atoms with Crippen LogP contribution in [0.1, 0.15) is 23.5 Å². The Morgan fingerprint density at radius 3 is 2.87 bits per heavy atom. The molecule has 1 N–H and O–H groups in total. The van der Waals surface area contributed by atoms with Crippen LogP contribution in [0.4, 0.5) is 0 Å².